The van der Waals surface area contributed by atoms with E-state index in [0.717, 1.165) is 28.0 Å². The highest BCUT2D eigenvalue weighted by atomic mass is 32.1. The highest BCUT2D eigenvalue weighted by Gasteiger charge is 2.31. The number of β-amino-alcohol motifs (C(OH)–C–C–N with tert-alkyl or cyclic N) is 1. The molecule has 0 atom stereocenters. The normalized spacial score (nSPS) is 16.4. The van der Waals surface area contributed by atoms with E-state index in [9.17, 15) is 22.8 Å². The third-order valence-corrected chi connectivity index (χ3v) is 5.39. The van der Waals surface area contributed by atoms with Crippen molar-refractivity contribution in [1.82, 2.24) is 14.4 Å². The van der Waals surface area contributed by atoms with E-state index < -0.39 is 16.6 Å². The summed E-state index contributed by atoms with van der Waals surface area (Å²) in [7, 11) is 0. The molecule has 3 rings (SSSR count). The lowest BCUT2D eigenvalue weighted by atomic mass is 10.2. The molecule has 1 aromatic heterocycles. The Morgan fingerprint density at radius 2 is 1.88 bits per heavy atom. The van der Waals surface area contributed by atoms with E-state index in [1.54, 1.807) is 4.90 Å². The molecule has 0 aliphatic carbocycles. The maximum absolute atomic E-state index is 12.9. The number of hydrogen-bond acceptors (Lipinski definition) is 5. The smallest absolute Gasteiger partial charge is 0.395 e. The van der Waals surface area contributed by atoms with Gasteiger partial charge in [0.2, 0.25) is 5.91 Å². The van der Waals surface area contributed by atoms with Crippen LogP contribution in [0, 0.1) is 0 Å². The largest absolute Gasteiger partial charge is 0.416 e. The van der Waals surface area contributed by atoms with E-state index >= 15 is 0 Å². The van der Waals surface area contributed by atoms with E-state index in [4.69, 9.17) is 5.11 Å². The van der Waals surface area contributed by atoms with Crippen molar-refractivity contribution in [2.24, 2.45) is 0 Å². The Morgan fingerprint density at radius 3 is 2.50 bits per heavy atom. The van der Waals surface area contributed by atoms with Crippen molar-refractivity contribution in [3.8, 4) is 0 Å². The lowest BCUT2D eigenvalue weighted by molar-refractivity contribution is -0.137. The zero-order valence-corrected chi connectivity index (χ0v) is 14.6. The van der Waals surface area contributed by atoms with Gasteiger partial charge in [0, 0.05) is 32.7 Å². The first kappa shape index (κ1) is 18.9. The van der Waals surface area contributed by atoms with E-state index in [1.807, 2.05) is 4.90 Å². The van der Waals surface area contributed by atoms with Gasteiger partial charge >= 0.3 is 11.0 Å². The number of rotatable bonds is 4. The van der Waals surface area contributed by atoms with E-state index in [0.29, 0.717) is 37.4 Å². The predicted octanol–water partition coefficient (Wildman–Crippen LogP) is 1.22. The lowest BCUT2D eigenvalue weighted by Gasteiger charge is -2.34. The average Bonchev–Trinajstić information content (AvgIpc) is 2.90. The Kier molecular flexibility index (Phi) is 5.35. The molecule has 0 radical (unpaired) electrons. The monoisotopic (exact) mass is 389 g/mol. The van der Waals surface area contributed by atoms with Crippen LogP contribution >= 0.6 is 11.3 Å². The number of fused-ring (bicyclic) bond motifs is 1. The highest BCUT2D eigenvalue weighted by molar-refractivity contribution is 7.16. The summed E-state index contributed by atoms with van der Waals surface area (Å²) < 4.78 is 40.3. The number of benzene rings is 1. The molecule has 1 aliphatic heterocycles. The summed E-state index contributed by atoms with van der Waals surface area (Å²) in [6.07, 6.45) is -4.51. The van der Waals surface area contributed by atoms with Crippen molar-refractivity contribution in [3.05, 3.63) is 33.4 Å². The molecule has 1 fully saturated rings. The Bertz CT molecular complexity index is 854. The van der Waals surface area contributed by atoms with Gasteiger partial charge in [-0.1, -0.05) is 11.3 Å². The Balaban J connectivity index is 1.79. The van der Waals surface area contributed by atoms with Crippen LogP contribution in [0.5, 0.6) is 0 Å². The first-order valence-corrected chi connectivity index (χ1v) is 8.93. The SMILES string of the molecule is O=C(Cn1c(=O)sc2ccc(C(F)(F)F)cc21)N1CCN(CCO)CC1. The zero-order chi connectivity index (χ0) is 18.9. The van der Waals surface area contributed by atoms with Gasteiger partial charge in [0.15, 0.2) is 0 Å². The molecule has 26 heavy (non-hydrogen) atoms. The third-order valence-electron chi connectivity index (χ3n) is 4.43. The van der Waals surface area contributed by atoms with Crippen molar-refractivity contribution in [2.75, 3.05) is 39.3 Å². The summed E-state index contributed by atoms with van der Waals surface area (Å²) in [5.41, 5.74) is -0.719. The van der Waals surface area contributed by atoms with Crippen molar-refractivity contribution in [2.45, 2.75) is 12.7 Å². The van der Waals surface area contributed by atoms with Crippen LogP contribution in [0.3, 0.4) is 0 Å². The number of hydrogen-bond donors (Lipinski definition) is 1. The minimum absolute atomic E-state index is 0.0474. The number of halogens is 3. The van der Waals surface area contributed by atoms with Crippen LogP contribution in [0.15, 0.2) is 23.0 Å². The summed E-state index contributed by atoms with van der Waals surface area (Å²) in [5, 5.41) is 8.94. The van der Waals surface area contributed by atoms with E-state index in [-0.39, 0.29) is 24.6 Å². The number of aliphatic hydroxyl groups is 1. The molecule has 1 aromatic carbocycles. The quantitative estimate of drug-likeness (QED) is 0.854. The van der Waals surface area contributed by atoms with Crippen LogP contribution in [0.1, 0.15) is 5.56 Å². The fraction of sp³-hybridized carbons (Fsp3) is 0.500. The number of alkyl halides is 3. The summed E-state index contributed by atoms with van der Waals surface area (Å²) in [4.78, 5) is 27.8. The van der Waals surface area contributed by atoms with Crippen molar-refractivity contribution in [3.63, 3.8) is 0 Å². The van der Waals surface area contributed by atoms with Gasteiger partial charge in [0.25, 0.3) is 0 Å². The maximum Gasteiger partial charge on any atom is 0.416 e. The molecule has 1 amide bonds. The third kappa shape index (κ3) is 3.92. The molecule has 0 spiro atoms. The van der Waals surface area contributed by atoms with Gasteiger partial charge < -0.3 is 10.0 Å². The molecule has 0 unspecified atom stereocenters. The number of carbonyl (C=O) groups excluding carboxylic acids is 1. The number of piperazine rings is 1. The molecule has 1 aliphatic rings. The van der Waals surface area contributed by atoms with Gasteiger partial charge in [-0.15, -0.1) is 0 Å². The van der Waals surface area contributed by atoms with Crippen LogP contribution in [0.4, 0.5) is 13.2 Å². The van der Waals surface area contributed by atoms with Crippen molar-refractivity contribution < 1.29 is 23.1 Å². The second-order valence-electron chi connectivity index (χ2n) is 6.08. The van der Waals surface area contributed by atoms with Crippen LogP contribution in [0.25, 0.3) is 10.2 Å². The van der Waals surface area contributed by atoms with Gasteiger partial charge in [-0.2, -0.15) is 13.2 Å². The maximum atomic E-state index is 12.9. The molecular weight excluding hydrogens is 371 g/mol. The minimum atomic E-state index is -4.51. The van der Waals surface area contributed by atoms with E-state index in [2.05, 4.69) is 0 Å². The van der Waals surface area contributed by atoms with Gasteiger partial charge in [0.1, 0.15) is 6.54 Å². The van der Waals surface area contributed by atoms with E-state index in [1.165, 1.54) is 6.07 Å². The molecule has 142 valence electrons. The van der Waals surface area contributed by atoms with Crippen LogP contribution in [0.2, 0.25) is 0 Å². The number of thiazole rings is 1. The number of amides is 1. The molecule has 0 bridgehead atoms. The molecule has 10 heteroatoms. The Labute approximate surface area is 151 Å². The highest BCUT2D eigenvalue weighted by Crippen LogP contribution is 2.32. The van der Waals surface area contributed by atoms with Gasteiger partial charge in [-0.25, -0.2) is 0 Å². The Morgan fingerprint density at radius 1 is 1.19 bits per heavy atom. The van der Waals surface area contributed by atoms with Gasteiger partial charge in [-0.05, 0) is 18.2 Å². The second kappa shape index (κ2) is 7.37. The van der Waals surface area contributed by atoms with Crippen LogP contribution < -0.4 is 4.87 Å². The average molecular weight is 389 g/mol. The topological polar surface area (TPSA) is 65.8 Å². The number of aliphatic hydroxyl groups excluding tert-OH is 1. The van der Waals surface area contributed by atoms with Crippen molar-refractivity contribution >= 4 is 27.5 Å². The summed E-state index contributed by atoms with van der Waals surface area (Å²) in [6, 6.07) is 3.11. The van der Waals surface area contributed by atoms with Crippen molar-refractivity contribution in [1.29, 1.82) is 0 Å². The molecule has 2 heterocycles. The molecule has 2 aromatic rings. The minimum Gasteiger partial charge on any atom is -0.395 e. The number of nitrogens with zero attached hydrogens (tertiary/aromatic N) is 3. The fourth-order valence-corrected chi connectivity index (χ4v) is 3.86. The Hall–Kier alpha value is -1.91. The zero-order valence-electron chi connectivity index (χ0n) is 13.8. The lowest BCUT2D eigenvalue weighted by Crippen LogP contribution is -2.50. The summed E-state index contributed by atoms with van der Waals surface area (Å²) in [6.45, 7) is 2.46. The second-order valence-corrected chi connectivity index (χ2v) is 7.07. The molecule has 6 nitrogen and oxygen atoms in total. The number of carbonyl (C=O) groups is 1. The summed E-state index contributed by atoms with van der Waals surface area (Å²) in [5.74, 6) is -0.298. The van der Waals surface area contributed by atoms with Gasteiger partial charge in [-0.3, -0.25) is 19.1 Å². The molecule has 0 saturated carbocycles. The first-order valence-electron chi connectivity index (χ1n) is 8.11. The molecule has 1 N–H and O–H groups in total. The first-order chi connectivity index (χ1) is 12.3. The molecular formula is C16H18F3N3O3S. The molecule has 1 saturated heterocycles. The standard InChI is InChI=1S/C16H18F3N3O3S/c17-16(18,19)11-1-2-13-12(9-11)22(15(25)26-13)10-14(24)21-5-3-20(4-6-21)7-8-23/h1-2,9,23H,3-8,10H2. The predicted molar refractivity (Wildman–Crippen MR) is 91.2 cm³/mol. The summed E-state index contributed by atoms with van der Waals surface area (Å²) >= 11 is 0.827. The van der Waals surface area contributed by atoms with Crippen LogP contribution in [-0.4, -0.2) is 64.7 Å². The van der Waals surface area contributed by atoms with Crippen LogP contribution in [-0.2, 0) is 17.5 Å². The fourth-order valence-electron chi connectivity index (χ4n) is 2.99. The van der Waals surface area contributed by atoms with Gasteiger partial charge in [0.05, 0.1) is 22.4 Å². The number of aromatic nitrogens is 1.